The standard InChI is InChI=1S/C30H40N2/c1-28(2,3)16-20-14-25-23-12-10-11-13-24(23)27-31-22(18-30(7,8)9)19-32(27)26(25)15-21(20)17-29(4,5)6/h10-15,19H,16-18H2,1-9H3. The predicted molar refractivity (Wildman–Crippen MR) is 140 cm³/mol. The Morgan fingerprint density at radius 3 is 1.75 bits per heavy atom. The van der Waals surface area contributed by atoms with Gasteiger partial charge in [0.1, 0.15) is 5.65 Å². The minimum absolute atomic E-state index is 0.209. The molecule has 0 aliphatic rings. The van der Waals surface area contributed by atoms with E-state index in [4.69, 9.17) is 4.98 Å². The van der Waals surface area contributed by atoms with E-state index in [0.29, 0.717) is 0 Å². The summed E-state index contributed by atoms with van der Waals surface area (Å²) in [6, 6.07) is 13.7. The molecule has 4 aromatic rings. The molecule has 0 fully saturated rings. The molecule has 0 amide bonds. The third-order valence-corrected chi connectivity index (χ3v) is 5.94. The lowest BCUT2D eigenvalue weighted by atomic mass is 9.80. The summed E-state index contributed by atoms with van der Waals surface area (Å²) < 4.78 is 2.35. The normalized spacial score (nSPS) is 13.5. The van der Waals surface area contributed by atoms with Gasteiger partial charge < -0.3 is 0 Å². The van der Waals surface area contributed by atoms with E-state index >= 15 is 0 Å². The van der Waals surface area contributed by atoms with Crippen LogP contribution in [0.25, 0.3) is 27.3 Å². The monoisotopic (exact) mass is 428 g/mol. The van der Waals surface area contributed by atoms with Crippen molar-refractivity contribution in [2.45, 2.75) is 81.6 Å². The highest BCUT2D eigenvalue weighted by Crippen LogP contribution is 2.36. The van der Waals surface area contributed by atoms with Crippen LogP contribution in [-0.4, -0.2) is 9.38 Å². The minimum atomic E-state index is 0.209. The fraction of sp³-hybridized carbons (Fsp3) is 0.500. The Kier molecular flexibility index (Phi) is 5.43. The predicted octanol–water partition coefficient (Wildman–Crippen LogP) is 8.41. The molecule has 0 saturated carbocycles. The Hall–Kier alpha value is -2.35. The van der Waals surface area contributed by atoms with Crippen LogP contribution < -0.4 is 0 Å². The first kappa shape index (κ1) is 22.8. The lowest BCUT2D eigenvalue weighted by Gasteiger charge is -2.25. The average Bonchev–Trinajstić information content (AvgIpc) is 3.02. The van der Waals surface area contributed by atoms with Gasteiger partial charge in [0.15, 0.2) is 0 Å². The number of aromatic nitrogens is 2. The highest BCUT2D eigenvalue weighted by atomic mass is 15.0. The van der Waals surface area contributed by atoms with Crippen LogP contribution in [0, 0.1) is 16.2 Å². The van der Waals surface area contributed by atoms with Gasteiger partial charge in [-0.15, -0.1) is 0 Å². The summed E-state index contributed by atoms with van der Waals surface area (Å²) in [5.74, 6) is 0. The van der Waals surface area contributed by atoms with Crippen LogP contribution in [-0.2, 0) is 19.3 Å². The molecule has 0 bridgehead atoms. The van der Waals surface area contributed by atoms with Gasteiger partial charge in [-0.3, -0.25) is 4.40 Å². The van der Waals surface area contributed by atoms with Crippen molar-refractivity contribution in [1.82, 2.24) is 9.38 Å². The maximum absolute atomic E-state index is 5.13. The van der Waals surface area contributed by atoms with Crippen molar-refractivity contribution in [3.05, 3.63) is 59.4 Å². The zero-order valence-corrected chi connectivity index (χ0v) is 21.6. The molecular formula is C30H40N2. The van der Waals surface area contributed by atoms with Crippen molar-refractivity contribution in [2.24, 2.45) is 16.2 Å². The second-order valence-electron chi connectivity index (χ2n) is 13.3. The molecule has 0 aliphatic carbocycles. The smallest absolute Gasteiger partial charge is 0.145 e. The van der Waals surface area contributed by atoms with E-state index in [9.17, 15) is 0 Å². The Balaban J connectivity index is 2.07. The SMILES string of the molecule is CC(C)(C)Cc1cn2c3cc(CC(C)(C)C)c(CC(C)(C)C)cc3c3ccccc3c2n1. The van der Waals surface area contributed by atoms with Crippen LogP contribution in [0.2, 0.25) is 0 Å². The van der Waals surface area contributed by atoms with E-state index in [1.165, 1.54) is 38.5 Å². The number of hydrogen-bond donors (Lipinski definition) is 0. The molecule has 170 valence electrons. The molecule has 2 heteroatoms. The molecule has 2 aromatic carbocycles. The van der Waals surface area contributed by atoms with Crippen LogP contribution >= 0.6 is 0 Å². The van der Waals surface area contributed by atoms with E-state index in [1.54, 1.807) is 0 Å². The van der Waals surface area contributed by atoms with Gasteiger partial charge in [-0.05, 0) is 64.2 Å². The molecule has 0 saturated heterocycles. The zero-order valence-electron chi connectivity index (χ0n) is 21.6. The first-order valence-corrected chi connectivity index (χ1v) is 12.0. The van der Waals surface area contributed by atoms with Crippen molar-refractivity contribution < 1.29 is 0 Å². The van der Waals surface area contributed by atoms with Crippen LogP contribution in [0.4, 0.5) is 0 Å². The van der Waals surface area contributed by atoms with E-state index in [-0.39, 0.29) is 16.2 Å². The minimum Gasteiger partial charge on any atom is -0.299 e. The van der Waals surface area contributed by atoms with Gasteiger partial charge in [0, 0.05) is 17.0 Å². The Morgan fingerprint density at radius 1 is 0.656 bits per heavy atom. The summed E-state index contributed by atoms with van der Waals surface area (Å²) in [5, 5.41) is 3.88. The summed E-state index contributed by atoms with van der Waals surface area (Å²) in [6.45, 7) is 20.9. The van der Waals surface area contributed by atoms with Gasteiger partial charge in [0.25, 0.3) is 0 Å². The van der Waals surface area contributed by atoms with Crippen LogP contribution in [0.5, 0.6) is 0 Å². The van der Waals surface area contributed by atoms with Crippen molar-refractivity contribution >= 4 is 27.3 Å². The summed E-state index contributed by atoms with van der Waals surface area (Å²) in [4.78, 5) is 5.13. The van der Waals surface area contributed by atoms with E-state index in [1.807, 2.05) is 0 Å². The lowest BCUT2D eigenvalue weighted by Crippen LogP contribution is -2.15. The number of hydrogen-bond acceptors (Lipinski definition) is 1. The van der Waals surface area contributed by atoms with Crippen molar-refractivity contribution in [3.63, 3.8) is 0 Å². The summed E-state index contributed by atoms with van der Waals surface area (Å²) in [7, 11) is 0. The number of benzene rings is 2. The highest BCUT2D eigenvalue weighted by molar-refractivity contribution is 6.12. The van der Waals surface area contributed by atoms with Crippen LogP contribution in [0.1, 0.15) is 79.1 Å². The summed E-state index contributed by atoms with van der Waals surface area (Å²) in [5.41, 5.74) is 7.19. The Labute approximate surface area is 194 Å². The van der Waals surface area contributed by atoms with Crippen molar-refractivity contribution in [1.29, 1.82) is 0 Å². The van der Waals surface area contributed by atoms with Crippen LogP contribution in [0.3, 0.4) is 0 Å². The van der Waals surface area contributed by atoms with Crippen LogP contribution in [0.15, 0.2) is 42.6 Å². The molecule has 0 atom stereocenters. The molecule has 0 unspecified atom stereocenters. The van der Waals surface area contributed by atoms with Crippen molar-refractivity contribution in [2.75, 3.05) is 0 Å². The average molecular weight is 429 g/mol. The second-order valence-corrected chi connectivity index (χ2v) is 13.3. The summed E-state index contributed by atoms with van der Waals surface area (Å²) >= 11 is 0. The first-order chi connectivity index (χ1) is 14.7. The Bertz CT molecular complexity index is 1280. The van der Waals surface area contributed by atoms with Crippen molar-refractivity contribution in [3.8, 4) is 0 Å². The number of fused-ring (bicyclic) bond motifs is 6. The van der Waals surface area contributed by atoms with E-state index in [0.717, 1.165) is 24.9 Å². The maximum atomic E-state index is 5.13. The lowest BCUT2D eigenvalue weighted by molar-refractivity contribution is 0.392. The fourth-order valence-electron chi connectivity index (χ4n) is 4.91. The largest absolute Gasteiger partial charge is 0.299 e. The topological polar surface area (TPSA) is 17.3 Å². The molecule has 0 spiro atoms. The van der Waals surface area contributed by atoms with Gasteiger partial charge >= 0.3 is 0 Å². The maximum Gasteiger partial charge on any atom is 0.145 e. The highest BCUT2D eigenvalue weighted by Gasteiger charge is 2.22. The Morgan fingerprint density at radius 2 is 1.19 bits per heavy atom. The first-order valence-electron chi connectivity index (χ1n) is 12.0. The number of rotatable bonds is 3. The fourth-order valence-corrected chi connectivity index (χ4v) is 4.91. The molecule has 0 radical (unpaired) electrons. The number of imidazole rings is 1. The van der Waals surface area contributed by atoms with Gasteiger partial charge in [0.2, 0.25) is 0 Å². The molecule has 4 rings (SSSR count). The molecule has 2 nitrogen and oxygen atoms in total. The number of pyridine rings is 1. The van der Waals surface area contributed by atoms with Gasteiger partial charge in [-0.1, -0.05) is 86.6 Å². The third-order valence-electron chi connectivity index (χ3n) is 5.94. The van der Waals surface area contributed by atoms with Gasteiger partial charge in [-0.25, -0.2) is 4.98 Å². The quantitative estimate of drug-likeness (QED) is 0.299. The third kappa shape index (κ3) is 4.85. The molecular weight excluding hydrogens is 388 g/mol. The molecule has 2 aromatic heterocycles. The second kappa shape index (κ2) is 7.61. The molecule has 2 heterocycles. The molecule has 0 N–H and O–H groups in total. The van der Waals surface area contributed by atoms with Gasteiger partial charge in [-0.2, -0.15) is 0 Å². The van der Waals surface area contributed by atoms with Gasteiger partial charge in [0.05, 0.1) is 11.2 Å². The molecule has 0 aliphatic heterocycles. The zero-order chi connectivity index (χ0) is 23.5. The summed E-state index contributed by atoms with van der Waals surface area (Å²) in [6.07, 6.45) is 5.41. The number of nitrogens with zero attached hydrogens (tertiary/aromatic N) is 2. The van der Waals surface area contributed by atoms with E-state index in [2.05, 4.69) is 109 Å². The van der Waals surface area contributed by atoms with E-state index < -0.39 is 0 Å². The molecule has 32 heavy (non-hydrogen) atoms.